The molecule has 1 heterocycles. The van der Waals surface area contributed by atoms with Crippen molar-refractivity contribution in [1.82, 2.24) is 10.2 Å². The highest BCUT2D eigenvalue weighted by atomic mass is 16.5. The Hall–Kier alpha value is -2.53. The van der Waals surface area contributed by atoms with Crippen molar-refractivity contribution in [2.24, 2.45) is 0 Å². The van der Waals surface area contributed by atoms with Gasteiger partial charge in [0.15, 0.2) is 11.5 Å². The molecule has 3 rings (SSSR count). The molecule has 1 saturated heterocycles. The van der Waals surface area contributed by atoms with Gasteiger partial charge in [-0.2, -0.15) is 0 Å². The second kappa shape index (κ2) is 12.2. The minimum atomic E-state index is 0.0379. The van der Waals surface area contributed by atoms with Crippen LogP contribution in [-0.2, 0) is 6.61 Å². The van der Waals surface area contributed by atoms with Crippen molar-refractivity contribution in [2.45, 2.75) is 59.2 Å². The third-order valence-corrected chi connectivity index (χ3v) is 5.10. The van der Waals surface area contributed by atoms with Gasteiger partial charge in [-0.1, -0.05) is 44.2 Å². The topological polar surface area (TPSA) is 50.8 Å². The summed E-state index contributed by atoms with van der Waals surface area (Å²) in [5, 5.41) is 3.41. The minimum absolute atomic E-state index is 0.0379. The Bertz CT molecular complexity index is 771. The van der Waals surface area contributed by atoms with Crippen LogP contribution >= 0.6 is 0 Å². The highest BCUT2D eigenvalue weighted by molar-refractivity contribution is 5.95. The summed E-state index contributed by atoms with van der Waals surface area (Å²) in [5.74, 6) is 1.25. The van der Waals surface area contributed by atoms with E-state index in [1.165, 1.54) is 0 Å². The lowest BCUT2D eigenvalue weighted by atomic mass is 10.0. The fraction of sp³-hybridized carbons (Fsp3) is 0.480. The maximum absolute atomic E-state index is 13.3. The summed E-state index contributed by atoms with van der Waals surface area (Å²) in [6.07, 6.45) is 2.12. The first-order valence-electron chi connectivity index (χ1n) is 11.0. The lowest BCUT2D eigenvalue weighted by Crippen LogP contribution is -2.51. The van der Waals surface area contributed by atoms with Crippen molar-refractivity contribution in [3.8, 4) is 11.5 Å². The summed E-state index contributed by atoms with van der Waals surface area (Å²) < 4.78 is 11.4. The molecule has 164 valence electrons. The van der Waals surface area contributed by atoms with Crippen LogP contribution in [0.15, 0.2) is 48.5 Å². The van der Waals surface area contributed by atoms with E-state index in [2.05, 4.69) is 19.2 Å². The number of amides is 1. The molecule has 0 radical (unpaired) electrons. The normalized spacial score (nSPS) is 15.7. The van der Waals surface area contributed by atoms with E-state index < -0.39 is 0 Å². The summed E-state index contributed by atoms with van der Waals surface area (Å²) in [6, 6.07) is 15.7. The van der Waals surface area contributed by atoms with Crippen LogP contribution in [0, 0.1) is 0 Å². The molecule has 0 saturated carbocycles. The molecule has 0 aromatic heterocycles. The van der Waals surface area contributed by atoms with Crippen molar-refractivity contribution in [3.63, 3.8) is 0 Å². The molecule has 5 nitrogen and oxygen atoms in total. The molecule has 0 aliphatic carbocycles. The molecule has 1 amide bonds. The van der Waals surface area contributed by atoms with E-state index in [1.807, 2.05) is 61.2 Å². The second-order valence-corrected chi connectivity index (χ2v) is 7.45. The fourth-order valence-corrected chi connectivity index (χ4v) is 3.70. The zero-order valence-electron chi connectivity index (χ0n) is 19.0. The third-order valence-electron chi connectivity index (χ3n) is 5.10. The number of hydrogen-bond acceptors (Lipinski definition) is 4. The number of rotatable bonds is 7. The number of nitrogens with zero attached hydrogens (tertiary/aromatic N) is 1. The summed E-state index contributed by atoms with van der Waals surface area (Å²) in [6.45, 7) is 10.4. The van der Waals surface area contributed by atoms with Gasteiger partial charge in [-0.15, -0.1) is 0 Å². The number of piperidine rings is 1. The van der Waals surface area contributed by atoms with E-state index in [9.17, 15) is 4.79 Å². The highest BCUT2D eigenvalue weighted by Crippen LogP contribution is 2.30. The molecular formula is C25H36N2O3. The molecule has 1 N–H and O–H groups in total. The van der Waals surface area contributed by atoms with E-state index in [0.717, 1.165) is 31.5 Å². The fourth-order valence-electron chi connectivity index (χ4n) is 3.70. The van der Waals surface area contributed by atoms with E-state index in [-0.39, 0.29) is 18.0 Å². The molecule has 0 unspecified atom stereocenters. The van der Waals surface area contributed by atoms with Gasteiger partial charge in [0.05, 0.1) is 7.11 Å². The van der Waals surface area contributed by atoms with Crippen LogP contribution in [0.1, 0.15) is 56.5 Å². The molecule has 1 aliphatic heterocycles. The van der Waals surface area contributed by atoms with E-state index in [4.69, 9.17) is 9.47 Å². The van der Waals surface area contributed by atoms with Crippen LogP contribution in [0.5, 0.6) is 11.5 Å². The number of hydrogen-bond donors (Lipinski definition) is 1. The van der Waals surface area contributed by atoms with Gasteiger partial charge >= 0.3 is 0 Å². The van der Waals surface area contributed by atoms with Crippen LogP contribution < -0.4 is 14.8 Å². The first kappa shape index (κ1) is 23.7. The summed E-state index contributed by atoms with van der Waals surface area (Å²) in [7, 11) is 1.61. The Balaban J connectivity index is 0.00000155. The van der Waals surface area contributed by atoms with Gasteiger partial charge < -0.3 is 19.7 Å². The Kier molecular flexibility index (Phi) is 9.68. The highest BCUT2D eigenvalue weighted by Gasteiger charge is 2.28. The van der Waals surface area contributed by atoms with Crippen LogP contribution in [0.4, 0.5) is 0 Å². The Labute approximate surface area is 181 Å². The number of methoxy groups -OCH3 is 1. The number of ether oxygens (including phenoxy) is 2. The predicted molar refractivity (Wildman–Crippen MR) is 122 cm³/mol. The van der Waals surface area contributed by atoms with E-state index in [1.54, 1.807) is 13.2 Å². The largest absolute Gasteiger partial charge is 0.493 e. The van der Waals surface area contributed by atoms with Gasteiger partial charge in [0.1, 0.15) is 6.61 Å². The van der Waals surface area contributed by atoms with Gasteiger partial charge in [-0.25, -0.2) is 0 Å². The smallest absolute Gasteiger partial charge is 0.254 e. The van der Waals surface area contributed by atoms with Crippen molar-refractivity contribution in [1.29, 1.82) is 0 Å². The van der Waals surface area contributed by atoms with Crippen LogP contribution in [0.2, 0.25) is 0 Å². The zero-order chi connectivity index (χ0) is 21.9. The van der Waals surface area contributed by atoms with Crippen molar-refractivity contribution < 1.29 is 14.3 Å². The molecule has 0 spiro atoms. The van der Waals surface area contributed by atoms with Gasteiger partial charge in [0.25, 0.3) is 5.91 Å². The average molecular weight is 413 g/mol. The molecule has 1 fully saturated rings. The number of nitrogens with one attached hydrogen (secondary N) is 1. The Morgan fingerprint density at radius 3 is 2.47 bits per heavy atom. The summed E-state index contributed by atoms with van der Waals surface area (Å²) >= 11 is 0. The Morgan fingerprint density at radius 1 is 1.13 bits per heavy atom. The second-order valence-electron chi connectivity index (χ2n) is 7.45. The molecule has 1 aliphatic rings. The lowest BCUT2D eigenvalue weighted by Gasteiger charge is -2.37. The maximum atomic E-state index is 13.3. The maximum Gasteiger partial charge on any atom is 0.254 e. The van der Waals surface area contributed by atoms with E-state index >= 15 is 0 Å². The van der Waals surface area contributed by atoms with Gasteiger partial charge in [-0.3, -0.25) is 4.79 Å². The number of carbonyl (C=O) groups is 1. The molecular weight excluding hydrogens is 376 g/mol. The zero-order valence-corrected chi connectivity index (χ0v) is 19.0. The molecule has 5 heteroatoms. The molecule has 2 aromatic rings. The summed E-state index contributed by atoms with van der Waals surface area (Å²) in [4.78, 5) is 15.3. The first-order chi connectivity index (χ1) is 14.6. The first-order valence-corrected chi connectivity index (χ1v) is 11.0. The quantitative estimate of drug-likeness (QED) is 0.702. The van der Waals surface area contributed by atoms with Crippen LogP contribution in [-0.4, -0.2) is 43.1 Å². The van der Waals surface area contributed by atoms with Crippen LogP contribution in [0.3, 0.4) is 0 Å². The summed E-state index contributed by atoms with van der Waals surface area (Å²) in [5.41, 5.74) is 1.70. The lowest BCUT2D eigenvalue weighted by molar-refractivity contribution is 0.0573. The van der Waals surface area contributed by atoms with Crippen molar-refractivity contribution in [2.75, 3.05) is 20.2 Å². The predicted octanol–water partition coefficient (Wildman–Crippen LogP) is 4.90. The molecule has 0 bridgehead atoms. The molecule has 1 atom stereocenters. The monoisotopic (exact) mass is 412 g/mol. The van der Waals surface area contributed by atoms with E-state index in [0.29, 0.717) is 23.7 Å². The van der Waals surface area contributed by atoms with Crippen molar-refractivity contribution >= 4 is 5.91 Å². The SMILES string of the molecule is CC.COc1ccc(C(=O)N(C(C)C)[C@@H]2CCCNC2)cc1OCc1ccccc1. The van der Waals surface area contributed by atoms with Crippen LogP contribution in [0.25, 0.3) is 0 Å². The number of benzene rings is 2. The van der Waals surface area contributed by atoms with Crippen molar-refractivity contribution in [3.05, 3.63) is 59.7 Å². The minimum Gasteiger partial charge on any atom is -0.493 e. The third kappa shape index (κ3) is 6.23. The van der Waals surface area contributed by atoms with Gasteiger partial charge in [0.2, 0.25) is 0 Å². The number of carbonyl (C=O) groups excluding carboxylic acids is 1. The standard InChI is InChI=1S/C23H30N2O3.C2H6/c1-17(2)25(20-10-7-13-24-15-20)23(26)19-11-12-21(27-3)22(14-19)28-16-18-8-5-4-6-9-18;1-2/h4-6,8-9,11-12,14,17,20,24H,7,10,13,15-16H2,1-3H3;1-2H3/t20-;/m1./s1. The molecule has 2 aromatic carbocycles. The average Bonchev–Trinajstić information content (AvgIpc) is 2.80. The Morgan fingerprint density at radius 2 is 1.87 bits per heavy atom. The van der Waals surface area contributed by atoms with Gasteiger partial charge in [0, 0.05) is 24.2 Å². The molecule has 30 heavy (non-hydrogen) atoms. The van der Waals surface area contributed by atoms with Gasteiger partial charge in [-0.05, 0) is 57.0 Å².